The van der Waals surface area contributed by atoms with E-state index in [-0.39, 0.29) is 5.69 Å². The Morgan fingerprint density at radius 1 is 1.27 bits per heavy atom. The molecule has 0 radical (unpaired) electrons. The van der Waals surface area contributed by atoms with Gasteiger partial charge in [-0.15, -0.1) is 11.3 Å². The monoisotopic (exact) mass is 319 g/mol. The molecule has 0 aliphatic heterocycles. The summed E-state index contributed by atoms with van der Waals surface area (Å²) in [5.41, 5.74) is 0.784. The molecule has 2 aromatic heterocycles. The van der Waals surface area contributed by atoms with Crippen molar-refractivity contribution in [3.8, 4) is 0 Å². The third kappa shape index (κ3) is 4.89. The Morgan fingerprint density at radius 3 is 2.64 bits per heavy atom. The lowest BCUT2D eigenvalue weighted by atomic mass is 10.3. The number of unbranched alkanes of at least 4 members (excludes halogenated alkanes) is 1. The van der Waals surface area contributed by atoms with E-state index in [2.05, 4.69) is 40.8 Å². The fourth-order valence-corrected chi connectivity index (χ4v) is 3.10. The van der Waals surface area contributed by atoms with Crippen LogP contribution in [0.2, 0.25) is 0 Å². The molecule has 0 amide bonds. The van der Waals surface area contributed by atoms with Gasteiger partial charge in [-0.1, -0.05) is 13.3 Å². The van der Waals surface area contributed by atoms with E-state index in [9.17, 15) is 4.79 Å². The Hall–Kier alpha value is -1.79. The van der Waals surface area contributed by atoms with E-state index < -0.39 is 5.97 Å². The predicted molar refractivity (Wildman–Crippen MR) is 87.1 cm³/mol. The zero-order chi connectivity index (χ0) is 15.9. The highest BCUT2D eigenvalue weighted by Gasteiger charge is 2.11. The summed E-state index contributed by atoms with van der Waals surface area (Å²) >= 11 is 1.81. The first-order valence-electron chi connectivity index (χ1n) is 7.40. The molecule has 2 heterocycles. The molecule has 0 atom stereocenters. The zero-order valence-corrected chi connectivity index (χ0v) is 13.8. The SMILES string of the molecule is CCCCN(Cc1cnc(C(=O)O)cn1)Cc1ccc(C)s1. The van der Waals surface area contributed by atoms with Crippen LogP contribution in [0.1, 0.15) is 45.7 Å². The molecule has 0 fully saturated rings. The molecular weight excluding hydrogens is 298 g/mol. The second-order valence-corrected chi connectivity index (χ2v) is 6.65. The van der Waals surface area contributed by atoms with Crippen molar-refractivity contribution in [3.05, 3.63) is 45.7 Å². The maximum atomic E-state index is 10.8. The number of nitrogens with zero attached hydrogens (tertiary/aromatic N) is 3. The van der Waals surface area contributed by atoms with Crippen molar-refractivity contribution in [2.24, 2.45) is 0 Å². The number of thiophene rings is 1. The summed E-state index contributed by atoms with van der Waals surface area (Å²) in [6.45, 7) is 6.86. The van der Waals surface area contributed by atoms with Crippen molar-refractivity contribution in [1.29, 1.82) is 0 Å². The molecule has 0 bridgehead atoms. The van der Waals surface area contributed by atoms with Crippen LogP contribution in [0.15, 0.2) is 24.5 Å². The van der Waals surface area contributed by atoms with E-state index in [4.69, 9.17) is 5.11 Å². The molecule has 5 nitrogen and oxygen atoms in total. The van der Waals surface area contributed by atoms with Crippen LogP contribution in [0.3, 0.4) is 0 Å². The van der Waals surface area contributed by atoms with Gasteiger partial charge in [0, 0.05) is 22.8 Å². The molecule has 0 saturated heterocycles. The first-order chi connectivity index (χ1) is 10.6. The maximum Gasteiger partial charge on any atom is 0.356 e. The molecule has 2 aromatic rings. The minimum atomic E-state index is -1.05. The van der Waals surface area contributed by atoms with Crippen LogP contribution in [0.5, 0.6) is 0 Å². The Labute approximate surface area is 134 Å². The quantitative estimate of drug-likeness (QED) is 0.808. The Balaban J connectivity index is 2.03. The van der Waals surface area contributed by atoms with Gasteiger partial charge in [-0.25, -0.2) is 9.78 Å². The summed E-state index contributed by atoms with van der Waals surface area (Å²) in [6, 6.07) is 4.30. The highest BCUT2D eigenvalue weighted by molar-refractivity contribution is 7.11. The fourth-order valence-electron chi connectivity index (χ4n) is 2.16. The number of rotatable bonds is 8. The fraction of sp³-hybridized carbons (Fsp3) is 0.438. The van der Waals surface area contributed by atoms with E-state index >= 15 is 0 Å². The number of hydrogen-bond donors (Lipinski definition) is 1. The number of carboxylic acid groups (broad SMARTS) is 1. The van der Waals surface area contributed by atoms with Crippen LogP contribution >= 0.6 is 11.3 Å². The van der Waals surface area contributed by atoms with Gasteiger partial charge < -0.3 is 5.11 Å². The molecule has 0 spiro atoms. The standard InChI is InChI=1S/C16H21N3O2S/c1-3-4-7-19(11-14-6-5-12(2)22-14)10-13-8-18-15(9-17-13)16(20)21/h5-6,8-9H,3-4,7,10-11H2,1-2H3,(H,20,21). The highest BCUT2D eigenvalue weighted by Crippen LogP contribution is 2.18. The van der Waals surface area contributed by atoms with Gasteiger partial charge in [-0.3, -0.25) is 9.88 Å². The average molecular weight is 319 g/mol. The second kappa shape index (κ2) is 8.00. The van der Waals surface area contributed by atoms with E-state index in [0.717, 1.165) is 31.6 Å². The lowest BCUT2D eigenvalue weighted by molar-refractivity contribution is 0.0690. The molecule has 6 heteroatoms. The van der Waals surface area contributed by atoms with E-state index in [0.29, 0.717) is 6.54 Å². The number of aryl methyl sites for hydroxylation is 1. The summed E-state index contributed by atoms with van der Waals surface area (Å²) in [5, 5.41) is 8.86. The van der Waals surface area contributed by atoms with E-state index in [1.54, 1.807) is 6.20 Å². The van der Waals surface area contributed by atoms with Gasteiger partial charge >= 0.3 is 5.97 Å². The maximum absolute atomic E-state index is 10.8. The van der Waals surface area contributed by atoms with Crippen molar-refractivity contribution in [2.75, 3.05) is 6.54 Å². The lowest BCUT2D eigenvalue weighted by Gasteiger charge is -2.20. The minimum Gasteiger partial charge on any atom is -0.476 e. The summed E-state index contributed by atoms with van der Waals surface area (Å²) in [6.07, 6.45) is 5.15. The Bertz CT molecular complexity index is 610. The molecule has 0 aromatic carbocycles. The number of carbonyl (C=O) groups is 1. The van der Waals surface area contributed by atoms with Crippen molar-refractivity contribution in [2.45, 2.75) is 39.8 Å². The van der Waals surface area contributed by atoms with Gasteiger partial charge in [0.2, 0.25) is 0 Å². The van der Waals surface area contributed by atoms with Crippen molar-refractivity contribution < 1.29 is 9.90 Å². The van der Waals surface area contributed by atoms with Gasteiger partial charge in [0.15, 0.2) is 5.69 Å². The summed E-state index contributed by atoms with van der Waals surface area (Å²) in [4.78, 5) is 23.9. The highest BCUT2D eigenvalue weighted by atomic mass is 32.1. The van der Waals surface area contributed by atoms with Crippen LogP contribution in [0.25, 0.3) is 0 Å². The Kier molecular flexibility index (Phi) is 6.03. The summed E-state index contributed by atoms with van der Waals surface area (Å²) in [7, 11) is 0. The molecule has 0 aliphatic carbocycles. The van der Waals surface area contributed by atoms with Crippen molar-refractivity contribution in [3.63, 3.8) is 0 Å². The largest absolute Gasteiger partial charge is 0.476 e. The molecule has 22 heavy (non-hydrogen) atoms. The molecule has 0 unspecified atom stereocenters. The van der Waals surface area contributed by atoms with Gasteiger partial charge in [0.25, 0.3) is 0 Å². The molecule has 2 rings (SSSR count). The van der Waals surface area contributed by atoms with Crippen LogP contribution in [-0.2, 0) is 13.1 Å². The van der Waals surface area contributed by atoms with Gasteiger partial charge in [-0.2, -0.15) is 0 Å². The summed E-state index contributed by atoms with van der Waals surface area (Å²) < 4.78 is 0. The Morgan fingerprint density at radius 2 is 2.09 bits per heavy atom. The van der Waals surface area contributed by atoms with Crippen LogP contribution in [0.4, 0.5) is 0 Å². The number of hydrogen-bond acceptors (Lipinski definition) is 5. The molecular formula is C16H21N3O2S. The zero-order valence-electron chi connectivity index (χ0n) is 13.0. The molecule has 118 valence electrons. The molecule has 0 saturated carbocycles. The second-order valence-electron chi connectivity index (χ2n) is 5.27. The smallest absolute Gasteiger partial charge is 0.356 e. The van der Waals surface area contributed by atoms with Gasteiger partial charge in [0.1, 0.15) is 0 Å². The topological polar surface area (TPSA) is 66.3 Å². The third-order valence-corrected chi connectivity index (χ3v) is 4.30. The molecule has 1 N–H and O–H groups in total. The van der Waals surface area contributed by atoms with E-state index in [1.165, 1.54) is 16.0 Å². The third-order valence-electron chi connectivity index (χ3n) is 3.31. The number of aromatic carboxylic acids is 1. The molecule has 0 aliphatic rings. The van der Waals surface area contributed by atoms with Crippen LogP contribution in [-0.4, -0.2) is 32.5 Å². The van der Waals surface area contributed by atoms with Crippen molar-refractivity contribution >= 4 is 17.3 Å². The van der Waals surface area contributed by atoms with Gasteiger partial charge in [0.05, 0.1) is 18.1 Å². The van der Waals surface area contributed by atoms with Crippen LogP contribution < -0.4 is 0 Å². The van der Waals surface area contributed by atoms with Crippen LogP contribution in [0, 0.1) is 6.92 Å². The minimum absolute atomic E-state index is 0.0160. The first kappa shape index (κ1) is 16.6. The first-order valence-corrected chi connectivity index (χ1v) is 8.22. The van der Waals surface area contributed by atoms with Crippen molar-refractivity contribution in [1.82, 2.24) is 14.9 Å². The number of carboxylic acids is 1. The van der Waals surface area contributed by atoms with E-state index in [1.807, 2.05) is 11.3 Å². The summed E-state index contributed by atoms with van der Waals surface area (Å²) in [5.74, 6) is -1.05. The number of aromatic nitrogens is 2. The van der Waals surface area contributed by atoms with Gasteiger partial charge in [-0.05, 0) is 32.0 Å². The predicted octanol–water partition coefficient (Wildman–Crippen LogP) is 3.35. The lowest BCUT2D eigenvalue weighted by Crippen LogP contribution is -2.24. The normalized spacial score (nSPS) is 11.0. The average Bonchev–Trinajstić information content (AvgIpc) is 2.90.